The molecule has 0 radical (unpaired) electrons. The third-order valence-electron chi connectivity index (χ3n) is 4.65. The smallest absolute Gasteiger partial charge is 0.215 e. The molecule has 28 heavy (non-hydrogen) atoms. The molecule has 0 bridgehead atoms. The largest absolute Gasteiger partial charge is 0.476 e. The van der Waals surface area contributed by atoms with E-state index in [0.717, 1.165) is 49.8 Å². The van der Waals surface area contributed by atoms with Crippen LogP contribution in [0.15, 0.2) is 41.4 Å². The predicted molar refractivity (Wildman–Crippen MR) is 114 cm³/mol. The molecule has 0 unspecified atom stereocenters. The van der Waals surface area contributed by atoms with E-state index in [1.165, 1.54) is 5.56 Å². The van der Waals surface area contributed by atoms with E-state index in [1.807, 2.05) is 32.4 Å². The first-order valence-corrected chi connectivity index (χ1v) is 9.78. The lowest BCUT2D eigenvalue weighted by molar-refractivity contribution is 0.0320. The van der Waals surface area contributed by atoms with Crippen LogP contribution >= 0.6 is 0 Å². The highest BCUT2D eigenvalue weighted by molar-refractivity contribution is 5.79. The summed E-state index contributed by atoms with van der Waals surface area (Å²) in [6.45, 7) is 7.65. The predicted octanol–water partition coefficient (Wildman–Crippen LogP) is 2.79. The molecule has 6 nitrogen and oxygen atoms in total. The number of aryl methyl sites for hydroxylation is 1. The lowest BCUT2D eigenvalue weighted by atomic mass is 10.1. The van der Waals surface area contributed by atoms with Crippen molar-refractivity contribution in [3.63, 3.8) is 0 Å². The van der Waals surface area contributed by atoms with Crippen LogP contribution < -0.4 is 9.64 Å². The van der Waals surface area contributed by atoms with Gasteiger partial charge < -0.3 is 14.4 Å². The lowest BCUT2D eigenvalue weighted by Crippen LogP contribution is -2.38. The molecule has 0 atom stereocenters. The zero-order valence-electron chi connectivity index (χ0n) is 17.1. The molecule has 0 N–H and O–H groups in total. The number of hydrogen-bond acceptors (Lipinski definition) is 6. The molecule has 1 saturated heterocycles. The van der Waals surface area contributed by atoms with Gasteiger partial charge in [-0.15, -0.1) is 0 Å². The summed E-state index contributed by atoms with van der Waals surface area (Å²) in [7, 11) is 4.04. The molecule has 1 fully saturated rings. The number of hydrogen-bond donors (Lipinski definition) is 0. The van der Waals surface area contributed by atoms with Gasteiger partial charge in [-0.05, 0) is 18.6 Å². The summed E-state index contributed by atoms with van der Waals surface area (Å²) in [5, 5.41) is 0. The van der Waals surface area contributed by atoms with Crippen LogP contribution in [0.4, 0.5) is 5.69 Å². The molecule has 0 saturated carbocycles. The fraction of sp³-hybridized carbons (Fsp3) is 0.455. The maximum atomic E-state index is 5.95. The first-order chi connectivity index (χ1) is 13.6. The minimum Gasteiger partial charge on any atom is -0.476 e. The van der Waals surface area contributed by atoms with E-state index >= 15 is 0 Å². The van der Waals surface area contributed by atoms with Gasteiger partial charge in [0.15, 0.2) is 0 Å². The van der Waals surface area contributed by atoms with Gasteiger partial charge in [0.05, 0.1) is 25.5 Å². The fourth-order valence-corrected chi connectivity index (χ4v) is 3.06. The van der Waals surface area contributed by atoms with Gasteiger partial charge in [0.2, 0.25) is 5.88 Å². The van der Waals surface area contributed by atoms with Crippen LogP contribution in [0.3, 0.4) is 0 Å². The van der Waals surface area contributed by atoms with Crippen molar-refractivity contribution in [1.29, 1.82) is 0 Å². The first kappa shape index (κ1) is 20.3. The molecular weight excluding hydrogens is 352 g/mol. The maximum absolute atomic E-state index is 5.95. The molecule has 2 aromatic rings. The van der Waals surface area contributed by atoms with Gasteiger partial charge >= 0.3 is 0 Å². The van der Waals surface area contributed by atoms with Crippen molar-refractivity contribution in [2.75, 3.05) is 58.5 Å². The molecular formula is C22H30N4O2. The Kier molecular flexibility index (Phi) is 7.39. The minimum absolute atomic E-state index is 0.523. The molecule has 0 aliphatic carbocycles. The number of benzene rings is 1. The molecule has 1 aliphatic heterocycles. The van der Waals surface area contributed by atoms with E-state index in [0.29, 0.717) is 19.0 Å². The maximum Gasteiger partial charge on any atom is 0.215 e. The summed E-state index contributed by atoms with van der Waals surface area (Å²) < 4.78 is 11.3. The summed E-state index contributed by atoms with van der Waals surface area (Å²) in [6.07, 6.45) is 1.90. The zero-order chi connectivity index (χ0) is 19.8. The van der Waals surface area contributed by atoms with Crippen LogP contribution in [0.1, 0.15) is 16.8 Å². The third-order valence-corrected chi connectivity index (χ3v) is 4.65. The van der Waals surface area contributed by atoms with Crippen LogP contribution in [0.25, 0.3) is 0 Å². The SMILES string of the molecule is Cc1cccc(C=NCc2cc(N(C)C)cc(OCCN3CCOCC3)n2)c1. The molecule has 150 valence electrons. The molecule has 1 aromatic heterocycles. The number of morpholine rings is 1. The molecule has 1 aliphatic rings. The van der Waals surface area contributed by atoms with Crippen LogP contribution in [-0.2, 0) is 11.3 Å². The average Bonchev–Trinajstić information content (AvgIpc) is 2.69. The number of anilines is 1. The van der Waals surface area contributed by atoms with Gasteiger partial charge in [-0.3, -0.25) is 9.89 Å². The van der Waals surface area contributed by atoms with E-state index in [4.69, 9.17) is 9.47 Å². The van der Waals surface area contributed by atoms with Gasteiger partial charge in [0, 0.05) is 51.7 Å². The van der Waals surface area contributed by atoms with Crippen LogP contribution in [0.5, 0.6) is 5.88 Å². The number of ether oxygens (including phenoxy) is 2. The third kappa shape index (κ3) is 6.32. The van der Waals surface area contributed by atoms with Crippen LogP contribution in [0.2, 0.25) is 0 Å². The Labute approximate surface area is 167 Å². The second-order valence-corrected chi connectivity index (χ2v) is 7.24. The van der Waals surface area contributed by atoms with Gasteiger partial charge in [-0.25, -0.2) is 4.98 Å². The van der Waals surface area contributed by atoms with E-state index in [2.05, 4.69) is 51.0 Å². The van der Waals surface area contributed by atoms with Crippen molar-refractivity contribution in [2.45, 2.75) is 13.5 Å². The van der Waals surface area contributed by atoms with Crippen molar-refractivity contribution < 1.29 is 9.47 Å². The summed E-state index contributed by atoms with van der Waals surface area (Å²) >= 11 is 0. The quantitative estimate of drug-likeness (QED) is 0.657. The second-order valence-electron chi connectivity index (χ2n) is 7.24. The Bertz CT molecular complexity index is 786. The zero-order valence-corrected chi connectivity index (χ0v) is 17.1. The molecule has 6 heteroatoms. The number of aliphatic imine (C=N–C) groups is 1. The number of rotatable bonds is 8. The summed E-state index contributed by atoms with van der Waals surface area (Å²) in [4.78, 5) is 13.6. The minimum atomic E-state index is 0.523. The van der Waals surface area contributed by atoms with Gasteiger partial charge in [-0.2, -0.15) is 0 Å². The molecule has 3 rings (SSSR count). The Balaban J connectivity index is 1.61. The monoisotopic (exact) mass is 382 g/mol. The van der Waals surface area contributed by atoms with E-state index < -0.39 is 0 Å². The van der Waals surface area contributed by atoms with Crippen LogP contribution in [0, 0.1) is 6.92 Å². The average molecular weight is 383 g/mol. The number of pyridine rings is 1. The normalized spacial score (nSPS) is 15.1. The Morgan fingerprint density at radius 1 is 1.21 bits per heavy atom. The first-order valence-electron chi connectivity index (χ1n) is 9.78. The van der Waals surface area contributed by atoms with E-state index in [-0.39, 0.29) is 0 Å². The van der Waals surface area contributed by atoms with Crippen molar-refractivity contribution >= 4 is 11.9 Å². The van der Waals surface area contributed by atoms with Gasteiger partial charge in [0.25, 0.3) is 0 Å². The second kappa shape index (κ2) is 10.2. The highest BCUT2D eigenvalue weighted by Gasteiger charge is 2.11. The molecule has 2 heterocycles. The molecule has 0 spiro atoms. The van der Waals surface area contributed by atoms with Crippen molar-refractivity contribution in [3.05, 3.63) is 53.2 Å². The molecule has 1 aromatic carbocycles. The van der Waals surface area contributed by atoms with Crippen molar-refractivity contribution in [2.24, 2.45) is 4.99 Å². The topological polar surface area (TPSA) is 50.2 Å². The Morgan fingerprint density at radius 2 is 2.04 bits per heavy atom. The molecule has 0 amide bonds. The number of nitrogens with zero attached hydrogens (tertiary/aromatic N) is 4. The highest BCUT2D eigenvalue weighted by Crippen LogP contribution is 2.20. The summed E-state index contributed by atoms with van der Waals surface area (Å²) in [6, 6.07) is 12.3. The van der Waals surface area contributed by atoms with E-state index in [9.17, 15) is 0 Å². The van der Waals surface area contributed by atoms with Gasteiger partial charge in [0.1, 0.15) is 6.61 Å². The van der Waals surface area contributed by atoms with E-state index in [1.54, 1.807) is 0 Å². The van der Waals surface area contributed by atoms with Crippen LogP contribution in [-0.4, -0.2) is 69.6 Å². The Morgan fingerprint density at radius 3 is 2.79 bits per heavy atom. The standard InChI is InChI=1S/C22H30N4O2/c1-18-5-4-6-19(13-18)16-23-17-20-14-21(25(2)3)15-22(24-20)28-12-9-26-7-10-27-11-8-26/h4-6,13-16H,7-12,17H2,1-3H3. The lowest BCUT2D eigenvalue weighted by Gasteiger charge is -2.26. The van der Waals surface area contributed by atoms with Crippen molar-refractivity contribution in [1.82, 2.24) is 9.88 Å². The summed E-state index contributed by atoms with van der Waals surface area (Å²) in [5.74, 6) is 0.653. The van der Waals surface area contributed by atoms with Gasteiger partial charge in [-0.1, -0.05) is 29.8 Å². The fourth-order valence-electron chi connectivity index (χ4n) is 3.06. The Hall–Kier alpha value is -2.44. The number of aromatic nitrogens is 1. The van der Waals surface area contributed by atoms with Crippen molar-refractivity contribution in [3.8, 4) is 5.88 Å². The highest BCUT2D eigenvalue weighted by atomic mass is 16.5. The summed E-state index contributed by atoms with van der Waals surface area (Å²) in [5.41, 5.74) is 4.30.